The smallest absolute Gasteiger partial charge is 0.203 e. The van der Waals surface area contributed by atoms with Crippen LogP contribution in [0.25, 0.3) is 11.1 Å². The lowest BCUT2D eigenvalue weighted by molar-refractivity contribution is 0.324. The molecule has 1 aromatic carbocycles. The van der Waals surface area contributed by atoms with E-state index in [-0.39, 0.29) is 0 Å². The van der Waals surface area contributed by atoms with Gasteiger partial charge in [0, 0.05) is 17.2 Å². The molecule has 1 aromatic heterocycles. The molecule has 106 valence electrons. The largest absolute Gasteiger partial charge is 0.493 e. The molecule has 0 amide bonds. The molecule has 0 atom stereocenters. The molecule has 0 bridgehead atoms. The van der Waals surface area contributed by atoms with E-state index in [0.29, 0.717) is 23.2 Å². The van der Waals surface area contributed by atoms with Crippen molar-refractivity contribution in [3.05, 3.63) is 24.0 Å². The van der Waals surface area contributed by atoms with Crippen LogP contribution >= 0.6 is 0 Å². The average molecular weight is 274 g/mol. The fraction of sp³-hybridized carbons (Fsp3) is 0.400. The number of nitrogens with zero attached hydrogens (tertiary/aromatic N) is 1. The molecule has 0 spiro atoms. The molecule has 1 aliphatic rings. The predicted molar refractivity (Wildman–Crippen MR) is 75.7 cm³/mol. The Balaban J connectivity index is 2.11. The van der Waals surface area contributed by atoms with Crippen LogP contribution in [0.3, 0.4) is 0 Å². The number of ether oxygens (including phenoxy) is 3. The second-order valence-corrected chi connectivity index (χ2v) is 4.89. The third-order valence-electron chi connectivity index (χ3n) is 3.63. The van der Waals surface area contributed by atoms with Crippen LogP contribution < -0.4 is 14.2 Å². The molecule has 5 nitrogen and oxygen atoms in total. The summed E-state index contributed by atoms with van der Waals surface area (Å²) in [6.07, 6.45) is 4.30. The number of methoxy groups -OCH3 is 3. The topological polar surface area (TPSA) is 56.4 Å². The average Bonchev–Trinajstić information content (AvgIpc) is 3.22. The summed E-state index contributed by atoms with van der Waals surface area (Å²) >= 11 is 0. The quantitative estimate of drug-likeness (QED) is 0.910. The molecule has 1 N–H and O–H groups in total. The number of rotatable bonds is 5. The number of aromatic nitrogens is 2. The molecule has 1 fully saturated rings. The minimum Gasteiger partial charge on any atom is -0.493 e. The Morgan fingerprint density at radius 1 is 1.05 bits per heavy atom. The minimum absolute atomic E-state index is 0.603. The Morgan fingerprint density at radius 3 is 2.20 bits per heavy atom. The van der Waals surface area contributed by atoms with Crippen LogP contribution in [0.15, 0.2) is 18.3 Å². The van der Waals surface area contributed by atoms with E-state index < -0.39 is 0 Å². The highest BCUT2D eigenvalue weighted by molar-refractivity contribution is 5.72. The third kappa shape index (κ3) is 2.09. The Hall–Kier alpha value is -2.17. The van der Waals surface area contributed by atoms with Gasteiger partial charge in [0.15, 0.2) is 11.5 Å². The second kappa shape index (κ2) is 5.07. The lowest BCUT2D eigenvalue weighted by atomic mass is 10.0. The molecule has 0 aliphatic heterocycles. The Bertz CT molecular complexity index is 592. The number of hydrogen-bond donors (Lipinski definition) is 1. The fourth-order valence-corrected chi connectivity index (χ4v) is 2.45. The van der Waals surface area contributed by atoms with Gasteiger partial charge in [-0.15, -0.1) is 0 Å². The van der Waals surface area contributed by atoms with Gasteiger partial charge in [-0.3, -0.25) is 5.10 Å². The predicted octanol–water partition coefficient (Wildman–Crippen LogP) is 2.98. The summed E-state index contributed by atoms with van der Waals surface area (Å²) in [7, 11) is 4.85. The zero-order valence-electron chi connectivity index (χ0n) is 11.9. The molecule has 1 heterocycles. The zero-order chi connectivity index (χ0) is 14.1. The van der Waals surface area contributed by atoms with Gasteiger partial charge >= 0.3 is 0 Å². The van der Waals surface area contributed by atoms with E-state index in [0.717, 1.165) is 11.1 Å². The first-order valence-corrected chi connectivity index (χ1v) is 6.62. The van der Waals surface area contributed by atoms with Gasteiger partial charge in [-0.1, -0.05) is 0 Å². The maximum Gasteiger partial charge on any atom is 0.203 e. The van der Waals surface area contributed by atoms with Crippen LogP contribution in [0.5, 0.6) is 17.2 Å². The summed E-state index contributed by atoms with van der Waals surface area (Å²) in [5.41, 5.74) is 3.32. The van der Waals surface area contributed by atoms with Crippen molar-refractivity contribution in [3.63, 3.8) is 0 Å². The van der Waals surface area contributed by atoms with Gasteiger partial charge in [0.1, 0.15) is 0 Å². The summed E-state index contributed by atoms with van der Waals surface area (Å²) < 4.78 is 16.1. The van der Waals surface area contributed by atoms with Gasteiger partial charge in [-0.2, -0.15) is 5.10 Å². The van der Waals surface area contributed by atoms with Gasteiger partial charge in [-0.25, -0.2) is 0 Å². The summed E-state index contributed by atoms with van der Waals surface area (Å²) in [5.74, 6) is 2.52. The van der Waals surface area contributed by atoms with Crippen LogP contribution in [0.4, 0.5) is 0 Å². The molecular weight excluding hydrogens is 256 g/mol. The number of H-pyrrole nitrogens is 1. The lowest BCUT2D eigenvalue weighted by Crippen LogP contribution is -1.96. The highest BCUT2D eigenvalue weighted by atomic mass is 16.5. The van der Waals surface area contributed by atoms with E-state index in [4.69, 9.17) is 14.2 Å². The summed E-state index contributed by atoms with van der Waals surface area (Å²) in [5, 5.41) is 7.28. The van der Waals surface area contributed by atoms with Crippen molar-refractivity contribution in [2.45, 2.75) is 18.8 Å². The van der Waals surface area contributed by atoms with E-state index in [1.807, 2.05) is 18.3 Å². The van der Waals surface area contributed by atoms with Crippen LogP contribution in [-0.2, 0) is 0 Å². The molecule has 0 radical (unpaired) electrons. The van der Waals surface area contributed by atoms with Gasteiger partial charge < -0.3 is 14.2 Å². The molecule has 0 unspecified atom stereocenters. The summed E-state index contributed by atoms with van der Waals surface area (Å²) in [6, 6.07) is 3.91. The summed E-state index contributed by atoms with van der Waals surface area (Å²) in [4.78, 5) is 0. The van der Waals surface area contributed by atoms with Crippen molar-refractivity contribution in [2.75, 3.05) is 21.3 Å². The van der Waals surface area contributed by atoms with E-state index in [1.54, 1.807) is 21.3 Å². The van der Waals surface area contributed by atoms with Crippen molar-refractivity contribution in [1.29, 1.82) is 0 Å². The van der Waals surface area contributed by atoms with Crippen molar-refractivity contribution in [2.24, 2.45) is 0 Å². The molecule has 1 aliphatic carbocycles. The van der Waals surface area contributed by atoms with Gasteiger partial charge in [0.2, 0.25) is 5.75 Å². The van der Waals surface area contributed by atoms with E-state index in [1.165, 1.54) is 18.5 Å². The Kier molecular flexibility index (Phi) is 3.26. The fourth-order valence-electron chi connectivity index (χ4n) is 2.45. The molecule has 20 heavy (non-hydrogen) atoms. The second-order valence-electron chi connectivity index (χ2n) is 4.89. The molecule has 2 aromatic rings. The highest BCUT2D eigenvalue weighted by Gasteiger charge is 2.28. The van der Waals surface area contributed by atoms with Crippen molar-refractivity contribution in [3.8, 4) is 28.4 Å². The Labute approximate surface area is 117 Å². The molecular formula is C15H18N2O3. The van der Waals surface area contributed by atoms with Crippen LogP contribution in [0.2, 0.25) is 0 Å². The molecule has 1 saturated carbocycles. The first-order valence-electron chi connectivity index (χ1n) is 6.62. The zero-order valence-corrected chi connectivity index (χ0v) is 11.9. The van der Waals surface area contributed by atoms with Crippen LogP contribution in [-0.4, -0.2) is 31.5 Å². The molecule has 3 rings (SSSR count). The monoisotopic (exact) mass is 274 g/mol. The van der Waals surface area contributed by atoms with Gasteiger partial charge in [-0.05, 0) is 30.5 Å². The molecule has 5 heteroatoms. The van der Waals surface area contributed by atoms with Gasteiger partial charge in [0.25, 0.3) is 0 Å². The lowest BCUT2D eigenvalue weighted by Gasteiger charge is -2.14. The SMILES string of the molecule is COc1cc(-c2cn[nH]c2C2CC2)cc(OC)c1OC. The summed E-state index contributed by atoms with van der Waals surface area (Å²) in [6.45, 7) is 0. The number of nitrogens with one attached hydrogen (secondary N) is 1. The normalized spacial score (nSPS) is 14.2. The first kappa shape index (κ1) is 12.8. The number of aromatic amines is 1. The van der Waals surface area contributed by atoms with Crippen LogP contribution in [0.1, 0.15) is 24.5 Å². The third-order valence-corrected chi connectivity index (χ3v) is 3.63. The van der Waals surface area contributed by atoms with E-state index in [2.05, 4.69) is 10.2 Å². The van der Waals surface area contributed by atoms with Crippen molar-refractivity contribution in [1.82, 2.24) is 10.2 Å². The maximum atomic E-state index is 5.40. The van der Waals surface area contributed by atoms with E-state index in [9.17, 15) is 0 Å². The minimum atomic E-state index is 0.603. The Morgan fingerprint density at radius 2 is 1.70 bits per heavy atom. The number of hydrogen-bond acceptors (Lipinski definition) is 4. The van der Waals surface area contributed by atoms with Crippen molar-refractivity contribution < 1.29 is 14.2 Å². The number of benzene rings is 1. The van der Waals surface area contributed by atoms with E-state index >= 15 is 0 Å². The highest BCUT2D eigenvalue weighted by Crippen LogP contribution is 2.46. The standard InChI is InChI=1S/C15H18N2O3/c1-18-12-6-10(7-13(19-2)15(12)20-3)11-8-16-17-14(11)9-4-5-9/h6-9H,4-5H2,1-3H3,(H,16,17). The first-order chi connectivity index (χ1) is 9.78. The van der Waals surface area contributed by atoms with Gasteiger partial charge in [0.05, 0.1) is 27.5 Å². The van der Waals surface area contributed by atoms with Crippen molar-refractivity contribution >= 4 is 0 Å². The maximum absolute atomic E-state index is 5.40. The van der Waals surface area contributed by atoms with Crippen LogP contribution in [0, 0.1) is 0 Å². The molecule has 0 saturated heterocycles.